The molecule has 0 saturated carbocycles. The van der Waals surface area contributed by atoms with Gasteiger partial charge in [-0.2, -0.15) is 0 Å². The van der Waals surface area contributed by atoms with Gasteiger partial charge in [-0.25, -0.2) is 4.39 Å². The van der Waals surface area contributed by atoms with Gasteiger partial charge < -0.3 is 0 Å². The molecule has 0 radical (unpaired) electrons. The first-order valence-corrected chi connectivity index (χ1v) is 5.21. The van der Waals surface area contributed by atoms with Gasteiger partial charge in [0.15, 0.2) is 12.0 Å². The smallest absolute Gasteiger partial charge is 0.197 e. The van der Waals surface area contributed by atoms with Crippen LogP contribution in [-0.4, -0.2) is 12.0 Å². The van der Waals surface area contributed by atoms with Crippen molar-refractivity contribution in [3.63, 3.8) is 0 Å². The predicted molar refractivity (Wildman–Crippen MR) is 58.1 cm³/mol. The Morgan fingerprint density at radius 1 is 1.33 bits per heavy atom. The lowest BCUT2D eigenvalue weighted by Gasteiger charge is -2.19. The second kappa shape index (κ2) is 3.16. The fourth-order valence-electron chi connectivity index (χ4n) is 1.92. The number of ketones is 1. The van der Waals surface area contributed by atoms with Crippen molar-refractivity contribution in [3.05, 3.63) is 34.9 Å². The topological polar surface area (TPSA) is 17.1 Å². The summed E-state index contributed by atoms with van der Waals surface area (Å²) in [5, 5.41) is 0. The van der Waals surface area contributed by atoms with Crippen LogP contribution in [0.3, 0.4) is 0 Å². The molecule has 0 aromatic heterocycles. The molecule has 0 amide bonds. The maximum Gasteiger partial charge on any atom is 0.197 e. The molecule has 0 fully saturated rings. The van der Waals surface area contributed by atoms with E-state index in [0.29, 0.717) is 5.56 Å². The molecular formula is C13H15FO. The molecule has 0 saturated heterocycles. The Kier molecular flexibility index (Phi) is 2.18. The standard InChI is InChI=1S/C13H15FO/c1-13(2,3)9-4-5-10-8(6-9)7-11(14)12(10)15/h4-6,11H,7H2,1-3H3/t11-/m1/s1. The lowest BCUT2D eigenvalue weighted by atomic mass is 9.85. The van der Waals surface area contributed by atoms with E-state index in [2.05, 4.69) is 20.8 Å². The average molecular weight is 206 g/mol. The van der Waals surface area contributed by atoms with Gasteiger partial charge in [0, 0.05) is 12.0 Å². The van der Waals surface area contributed by atoms with Gasteiger partial charge in [-0.05, 0) is 16.5 Å². The second-order valence-corrected chi connectivity index (χ2v) is 5.16. The van der Waals surface area contributed by atoms with Crippen LogP contribution >= 0.6 is 0 Å². The van der Waals surface area contributed by atoms with E-state index in [1.807, 2.05) is 12.1 Å². The minimum absolute atomic E-state index is 0.0481. The number of carbonyl (C=O) groups excluding carboxylic acids is 1. The molecule has 80 valence electrons. The summed E-state index contributed by atoms with van der Waals surface area (Å²) in [5.74, 6) is -0.356. The molecule has 0 spiro atoms. The molecular weight excluding hydrogens is 191 g/mol. The van der Waals surface area contributed by atoms with Crippen molar-refractivity contribution in [2.24, 2.45) is 0 Å². The molecule has 1 atom stereocenters. The van der Waals surface area contributed by atoms with E-state index >= 15 is 0 Å². The van der Waals surface area contributed by atoms with Crippen molar-refractivity contribution in [2.75, 3.05) is 0 Å². The summed E-state index contributed by atoms with van der Waals surface area (Å²) >= 11 is 0. The minimum atomic E-state index is -1.32. The number of halogens is 1. The van der Waals surface area contributed by atoms with Crippen LogP contribution in [0.4, 0.5) is 4.39 Å². The van der Waals surface area contributed by atoms with Crippen molar-refractivity contribution in [1.29, 1.82) is 0 Å². The Morgan fingerprint density at radius 3 is 2.60 bits per heavy atom. The van der Waals surface area contributed by atoms with Gasteiger partial charge in [0.05, 0.1) is 0 Å². The molecule has 1 aliphatic carbocycles. The van der Waals surface area contributed by atoms with Crippen LogP contribution in [0, 0.1) is 0 Å². The predicted octanol–water partition coefficient (Wildman–Crippen LogP) is 3.06. The van der Waals surface area contributed by atoms with E-state index in [1.54, 1.807) is 6.07 Å². The third-order valence-electron chi connectivity index (χ3n) is 2.92. The highest BCUT2D eigenvalue weighted by Gasteiger charge is 2.31. The molecule has 0 N–H and O–H groups in total. The van der Waals surface area contributed by atoms with Crippen LogP contribution in [0.5, 0.6) is 0 Å². The fraction of sp³-hybridized carbons (Fsp3) is 0.462. The molecule has 2 heteroatoms. The molecule has 1 aromatic rings. The zero-order chi connectivity index (χ0) is 11.2. The Balaban J connectivity index is 2.47. The maximum absolute atomic E-state index is 13.2. The number of hydrogen-bond donors (Lipinski definition) is 0. The molecule has 2 rings (SSSR count). The van der Waals surface area contributed by atoms with Gasteiger partial charge in [-0.15, -0.1) is 0 Å². The zero-order valence-electron chi connectivity index (χ0n) is 9.30. The third kappa shape index (κ3) is 1.69. The number of benzene rings is 1. The van der Waals surface area contributed by atoms with Crippen molar-refractivity contribution in [3.8, 4) is 0 Å². The number of alkyl halides is 1. The summed E-state index contributed by atoms with van der Waals surface area (Å²) in [7, 11) is 0. The number of carbonyl (C=O) groups is 1. The highest BCUT2D eigenvalue weighted by atomic mass is 19.1. The quantitative estimate of drug-likeness (QED) is 0.637. The van der Waals surface area contributed by atoms with Gasteiger partial charge in [0.1, 0.15) is 0 Å². The third-order valence-corrected chi connectivity index (χ3v) is 2.92. The van der Waals surface area contributed by atoms with Crippen molar-refractivity contribution in [1.82, 2.24) is 0 Å². The average Bonchev–Trinajstić information content (AvgIpc) is 2.41. The van der Waals surface area contributed by atoms with Gasteiger partial charge in [0.2, 0.25) is 0 Å². The maximum atomic E-state index is 13.2. The van der Waals surface area contributed by atoms with E-state index in [9.17, 15) is 9.18 Å². The molecule has 1 aromatic carbocycles. The molecule has 0 heterocycles. The molecule has 1 nitrogen and oxygen atoms in total. The second-order valence-electron chi connectivity index (χ2n) is 5.16. The minimum Gasteiger partial charge on any atom is -0.291 e. The molecule has 0 aliphatic heterocycles. The monoisotopic (exact) mass is 206 g/mol. The summed E-state index contributed by atoms with van der Waals surface area (Å²) in [5.41, 5.74) is 2.63. The highest BCUT2D eigenvalue weighted by molar-refractivity contribution is 6.03. The number of rotatable bonds is 0. The van der Waals surface area contributed by atoms with Crippen LogP contribution < -0.4 is 0 Å². The molecule has 1 aliphatic rings. The zero-order valence-corrected chi connectivity index (χ0v) is 9.30. The summed E-state index contributed by atoms with van der Waals surface area (Å²) in [6.07, 6.45) is -1.08. The number of Topliss-reactive ketones (excluding diaryl/α,β-unsaturated/α-hetero) is 1. The SMILES string of the molecule is CC(C)(C)c1ccc2c(c1)C[C@@H](F)C2=O. The molecule has 0 bridgehead atoms. The van der Waals surface area contributed by atoms with E-state index in [-0.39, 0.29) is 17.6 Å². The van der Waals surface area contributed by atoms with Crippen LogP contribution in [0.15, 0.2) is 18.2 Å². The number of fused-ring (bicyclic) bond motifs is 1. The van der Waals surface area contributed by atoms with Gasteiger partial charge in [-0.3, -0.25) is 4.79 Å². The first kappa shape index (κ1) is 10.3. The van der Waals surface area contributed by atoms with Crippen LogP contribution in [0.2, 0.25) is 0 Å². The number of hydrogen-bond acceptors (Lipinski definition) is 1. The first-order valence-electron chi connectivity index (χ1n) is 5.21. The normalized spacial score (nSPS) is 20.5. The lowest BCUT2D eigenvalue weighted by Crippen LogP contribution is -2.11. The Hall–Kier alpha value is -1.18. The fourth-order valence-corrected chi connectivity index (χ4v) is 1.92. The van der Waals surface area contributed by atoms with Gasteiger partial charge >= 0.3 is 0 Å². The summed E-state index contributed by atoms with van der Waals surface area (Å²) in [6.45, 7) is 6.33. The van der Waals surface area contributed by atoms with Gasteiger partial charge in [0.25, 0.3) is 0 Å². The van der Waals surface area contributed by atoms with Crippen LogP contribution in [-0.2, 0) is 11.8 Å². The summed E-state index contributed by atoms with van der Waals surface area (Å²) < 4.78 is 13.2. The summed E-state index contributed by atoms with van der Waals surface area (Å²) in [6, 6.07) is 5.65. The Morgan fingerprint density at radius 2 is 2.00 bits per heavy atom. The van der Waals surface area contributed by atoms with Crippen LogP contribution in [0.1, 0.15) is 42.3 Å². The van der Waals surface area contributed by atoms with Crippen molar-refractivity contribution < 1.29 is 9.18 Å². The summed E-state index contributed by atoms with van der Waals surface area (Å²) in [4.78, 5) is 11.4. The highest BCUT2D eigenvalue weighted by Crippen LogP contribution is 2.30. The van der Waals surface area contributed by atoms with Crippen molar-refractivity contribution >= 4 is 5.78 Å². The molecule has 15 heavy (non-hydrogen) atoms. The Bertz CT molecular complexity index is 415. The lowest BCUT2D eigenvalue weighted by molar-refractivity contribution is 0.0899. The van der Waals surface area contributed by atoms with Gasteiger partial charge in [-0.1, -0.05) is 39.0 Å². The van der Waals surface area contributed by atoms with Crippen molar-refractivity contribution in [2.45, 2.75) is 38.8 Å². The Labute approximate surface area is 89.3 Å². The van der Waals surface area contributed by atoms with E-state index in [0.717, 1.165) is 11.1 Å². The largest absolute Gasteiger partial charge is 0.291 e. The first-order chi connectivity index (χ1) is 6.89. The molecule has 0 unspecified atom stereocenters. The van der Waals surface area contributed by atoms with E-state index in [4.69, 9.17) is 0 Å². The van der Waals surface area contributed by atoms with E-state index in [1.165, 1.54) is 0 Å². The van der Waals surface area contributed by atoms with E-state index < -0.39 is 6.17 Å². The van der Waals surface area contributed by atoms with Crippen LogP contribution in [0.25, 0.3) is 0 Å².